The van der Waals surface area contributed by atoms with Crippen LogP contribution < -0.4 is 10.3 Å². The van der Waals surface area contributed by atoms with Crippen LogP contribution in [0.5, 0.6) is 5.75 Å². The summed E-state index contributed by atoms with van der Waals surface area (Å²) in [6.07, 6.45) is 0.675. The summed E-state index contributed by atoms with van der Waals surface area (Å²) in [7, 11) is 3.16. The van der Waals surface area contributed by atoms with Gasteiger partial charge in [-0.3, -0.25) is 9.36 Å². The van der Waals surface area contributed by atoms with Crippen molar-refractivity contribution in [3.63, 3.8) is 0 Å². The number of ether oxygens (including phenoxy) is 2. The summed E-state index contributed by atoms with van der Waals surface area (Å²) in [5, 5.41) is 1.57. The number of nitrogens with zero attached hydrogens (tertiary/aromatic N) is 2. The number of thioether (sulfide) groups is 1. The van der Waals surface area contributed by atoms with Crippen LogP contribution in [0.3, 0.4) is 0 Å². The average Bonchev–Trinajstić information content (AvgIpc) is 2.68. The highest BCUT2D eigenvalue weighted by Crippen LogP contribution is 2.28. The first-order valence-corrected chi connectivity index (χ1v) is 10.0. The van der Waals surface area contributed by atoms with Crippen LogP contribution in [-0.4, -0.2) is 30.4 Å². The van der Waals surface area contributed by atoms with Gasteiger partial charge in [0.1, 0.15) is 11.6 Å². The molecule has 3 rings (SSSR count). The van der Waals surface area contributed by atoms with E-state index >= 15 is 0 Å². The van der Waals surface area contributed by atoms with Crippen molar-refractivity contribution >= 4 is 34.3 Å². The maximum Gasteiger partial charge on any atom is 0.262 e. The van der Waals surface area contributed by atoms with Crippen molar-refractivity contribution in [2.45, 2.75) is 23.9 Å². The van der Waals surface area contributed by atoms with E-state index < -0.39 is 0 Å². The topological polar surface area (TPSA) is 53.4 Å². The minimum Gasteiger partial charge on any atom is -0.496 e. The van der Waals surface area contributed by atoms with Crippen molar-refractivity contribution in [3.05, 3.63) is 63.2 Å². The molecule has 148 valence electrons. The van der Waals surface area contributed by atoms with Gasteiger partial charge in [-0.1, -0.05) is 23.4 Å². The van der Waals surface area contributed by atoms with Crippen molar-refractivity contribution in [2.75, 3.05) is 20.8 Å². The van der Waals surface area contributed by atoms with Crippen LogP contribution in [0.4, 0.5) is 4.39 Å². The van der Waals surface area contributed by atoms with Crippen LogP contribution in [0, 0.1) is 5.82 Å². The molecular formula is C20H20ClFN2O3S. The van der Waals surface area contributed by atoms with Crippen molar-refractivity contribution < 1.29 is 13.9 Å². The third kappa shape index (κ3) is 4.66. The highest BCUT2D eigenvalue weighted by atomic mass is 35.5. The molecule has 1 aromatic heterocycles. The minimum atomic E-state index is -0.341. The van der Waals surface area contributed by atoms with Gasteiger partial charge >= 0.3 is 0 Å². The van der Waals surface area contributed by atoms with E-state index in [1.165, 1.54) is 23.9 Å². The summed E-state index contributed by atoms with van der Waals surface area (Å²) in [5.74, 6) is 0.655. The van der Waals surface area contributed by atoms with E-state index in [1.807, 2.05) is 0 Å². The zero-order valence-electron chi connectivity index (χ0n) is 15.6. The van der Waals surface area contributed by atoms with Crippen LogP contribution in [0.1, 0.15) is 12.0 Å². The van der Waals surface area contributed by atoms with E-state index in [1.54, 1.807) is 43.1 Å². The summed E-state index contributed by atoms with van der Waals surface area (Å²) >= 11 is 7.42. The van der Waals surface area contributed by atoms with E-state index in [4.69, 9.17) is 21.1 Å². The molecule has 0 spiro atoms. The molecule has 0 saturated heterocycles. The van der Waals surface area contributed by atoms with Gasteiger partial charge in [0.05, 0.1) is 18.0 Å². The number of hydrogen-bond donors (Lipinski definition) is 0. The number of rotatable bonds is 8. The number of aromatic nitrogens is 2. The lowest BCUT2D eigenvalue weighted by molar-refractivity contribution is 0.189. The molecule has 0 bridgehead atoms. The highest BCUT2D eigenvalue weighted by molar-refractivity contribution is 7.98. The van der Waals surface area contributed by atoms with Gasteiger partial charge in [0, 0.05) is 36.6 Å². The number of hydrogen-bond acceptors (Lipinski definition) is 5. The molecule has 2 aromatic carbocycles. The molecule has 0 unspecified atom stereocenters. The molecule has 5 nitrogen and oxygen atoms in total. The Balaban J connectivity index is 1.99. The second-order valence-corrected chi connectivity index (χ2v) is 7.48. The fourth-order valence-corrected chi connectivity index (χ4v) is 4.02. The largest absolute Gasteiger partial charge is 0.496 e. The van der Waals surface area contributed by atoms with Gasteiger partial charge in [-0.25, -0.2) is 9.37 Å². The molecule has 0 aliphatic heterocycles. The van der Waals surface area contributed by atoms with Crippen LogP contribution in [0.15, 0.2) is 46.3 Å². The Kier molecular flexibility index (Phi) is 6.93. The molecule has 0 radical (unpaired) electrons. The third-order valence-electron chi connectivity index (χ3n) is 4.21. The summed E-state index contributed by atoms with van der Waals surface area (Å²) in [6.45, 7) is 1.01. The van der Waals surface area contributed by atoms with Gasteiger partial charge in [-0.15, -0.1) is 0 Å². The van der Waals surface area contributed by atoms with E-state index in [0.29, 0.717) is 57.7 Å². The summed E-state index contributed by atoms with van der Waals surface area (Å²) in [4.78, 5) is 17.6. The Labute approximate surface area is 171 Å². The monoisotopic (exact) mass is 422 g/mol. The van der Waals surface area contributed by atoms with Crippen molar-refractivity contribution in [3.8, 4) is 5.75 Å². The Morgan fingerprint density at radius 3 is 2.79 bits per heavy atom. The SMILES string of the molecule is COCCCn1c(SCc2cc(F)ccc2OC)nc2cc(Cl)ccc2c1=O. The Morgan fingerprint density at radius 1 is 1.21 bits per heavy atom. The first-order chi connectivity index (χ1) is 13.5. The second-order valence-electron chi connectivity index (χ2n) is 6.10. The van der Waals surface area contributed by atoms with Crippen LogP contribution in [0.2, 0.25) is 5.02 Å². The second kappa shape index (κ2) is 9.41. The number of halogens is 2. The fraction of sp³-hybridized carbons (Fsp3) is 0.300. The lowest BCUT2D eigenvalue weighted by Crippen LogP contribution is -2.24. The number of fused-ring (bicyclic) bond motifs is 1. The first kappa shape index (κ1) is 20.6. The molecule has 0 amide bonds. The summed E-state index contributed by atoms with van der Waals surface area (Å²) < 4.78 is 25.7. The third-order valence-corrected chi connectivity index (χ3v) is 5.47. The minimum absolute atomic E-state index is 0.133. The maximum absolute atomic E-state index is 13.6. The molecule has 3 aromatic rings. The van der Waals surface area contributed by atoms with Gasteiger partial charge in [-0.2, -0.15) is 0 Å². The molecule has 1 heterocycles. The van der Waals surface area contributed by atoms with Crippen molar-refractivity contribution in [1.29, 1.82) is 0 Å². The Morgan fingerprint density at radius 2 is 2.04 bits per heavy atom. The van der Waals surface area contributed by atoms with Gasteiger partial charge in [0.2, 0.25) is 0 Å². The van der Waals surface area contributed by atoms with Gasteiger partial charge in [0.25, 0.3) is 5.56 Å². The lowest BCUT2D eigenvalue weighted by atomic mass is 10.2. The predicted octanol–water partition coefficient (Wildman–Crippen LogP) is 4.53. The standard InChI is InChI=1S/C20H20ClFN2O3S/c1-26-9-3-8-24-19(25)16-6-4-14(21)11-17(16)23-20(24)28-12-13-10-15(22)5-7-18(13)27-2/h4-7,10-11H,3,8-9,12H2,1-2H3. The predicted molar refractivity (Wildman–Crippen MR) is 110 cm³/mol. The van der Waals surface area contributed by atoms with E-state index in [9.17, 15) is 9.18 Å². The average molecular weight is 423 g/mol. The molecular weight excluding hydrogens is 403 g/mol. The van der Waals surface area contributed by atoms with Gasteiger partial charge in [0.15, 0.2) is 5.16 Å². The molecule has 0 N–H and O–H groups in total. The highest BCUT2D eigenvalue weighted by Gasteiger charge is 2.14. The smallest absolute Gasteiger partial charge is 0.262 e. The lowest BCUT2D eigenvalue weighted by Gasteiger charge is -2.14. The molecule has 28 heavy (non-hydrogen) atoms. The Hall–Kier alpha value is -2.09. The molecule has 0 saturated carbocycles. The summed E-state index contributed by atoms with van der Waals surface area (Å²) in [6, 6.07) is 9.40. The molecule has 0 fully saturated rings. The van der Waals surface area contributed by atoms with E-state index in [2.05, 4.69) is 4.98 Å². The van der Waals surface area contributed by atoms with Crippen molar-refractivity contribution in [2.24, 2.45) is 0 Å². The first-order valence-electron chi connectivity index (χ1n) is 8.67. The zero-order chi connectivity index (χ0) is 20.1. The number of methoxy groups -OCH3 is 2. The van der Waals surface area contributed by atoms with Gasteiger partial charge < -0.3 is 9.47 Å². The van der Waals surface area contributed by atoms with Gasteiger partial charge in [-0.05, 0) is 42.8 Å². The van der Waals surface area contributed by atoms with Crippen LogP contribution >= 0.6 is 23.4 Å². The normalized spacial score (nSPS) is 11.1. The quantitative estimate of drug-likeness (QED) is 0.303. The number of benzene rings is 2. The van der Waals surface area contributed by atoms with E-state index in [0.717, 1.165) is 0 Å². The maximum atomic E-state index is 13.6. The summed E-state index contributed by atoms with van der Waals surface area (Å²) in [5.41, 5.74) is 1.09. The fourth-order valence-electron chi connectivity index (χ4n) is 2.85. The Bertz CT molecular complexity index is 1040. The van der Waals surface area contributed by atoms with Crippen LogP contribution in [-0.2, 0) is 17.0 Å². The molecule has 0 aliphatic rings. The zero-order valence-corrected chi connectivity index (χ0v) is 17.1. The van der Waals surface area contributed by atoms with Crippen LogP contribution in [0.25, 0.3) is 10.9 Å². The molecule has 8 heteroatoms. The molecule has 0 atom stereocenters. The van der Waals surface area contributed by atoms with E-state index in [-0.39, 0.29) is 11.4 Å². The molecule has 0 aliphatic carbocycles. The van der Waals surface area contributed by atoms with Crippen molar-refractivity contribution in [1.82, 2.24) is 9.55 Å².